The van der Waals surface area contributed by atoms with Crippen molar-refractivity contribution in [2.24, 2.45) is 0 Å². The van der Waals surface area contributed by atoms with Crippen LogP contribution < -0.4 is 14.8 Å². The molecule has 0 saturated carbocycles. The first-order chi connectivity index (χ1) is 13.0. The lowest BCUT2D eigenvalue weighted by molar-refractivity contribution is -0.384. The first kappa shape index (κ1) is 20.2. The maximum atomic E-state index is 12.3. The summed E-state index contributed by atoms with van der Waals surface area (Å²) >= 11 is 0. The van der Waals surface area contributed by atoms with Crippen LogP contribution in [0, 0.1) is 10.1 Å². The summed E-state index contributed by atoms with van der Waals surface area (Å²) in [5, 5.41) is 23.5. The summed E-state index contributed by atoms with van der Waals surface area (Å²) in [6, 6.07) is 10.4. The summed E-state index contributed by atoms with van der Waals surface area (Å²) in [4.78, 5) is 22.5. The number of rotatable bonds is 9. The highest BCUT2D eigenvalue weighted by molar-refractivity contribution is 5.94. The molecule has 0 radical (unpaired) electrons. The molecule has 2 N–H and O–H groups in total. The van der Waals surface area contributed by atoms with Gasteiger partial charge in [0.2, 0.25) is 0 Å². The average Bonchev–Trinajstić information content (AvgIpc) is 2.67. The number of ether oxygens (including phenoxy) is 2. The zero-order valence-electron chi connectivity index (χ0n) is 15.2. The van der Waals surface area contributed by atoms with Crippen LogP contribution >= 0.6 is 0 Å². The van der Waals surface area contributed by atoms with Crippen molar-refractivity contribution in [1.82, 2.24) is 5.32 Å². The number of hydrogen-bond donors (Lipinski definition) is 2. The number of aliphatic hydroxyl groups is 1. The van der Waals surface area contributed by atoms with Gasteiger partial charge in [0.05, 0.1) is 24.2 Å². The number of nitrogens with one attached hydrogen (secondary N) is 1. The van der Waals surface area contributed by atoms with Gasteiger partial charge in [-0.1, -0.05) is 0 Å². The normalized spacial score (nSPS) is 11.5. The second kappa shape index (κ2) is 9.54. The molecular weight excluding hydrogens is 352 g/mol. The van der Waals surface area contributed by atoms with Gasteiger partial charge in [0.1, 0.15) is 0 Å². The third kappa shape index (κ3) is 5.42. The van der Waals surface area contributed by atoms with Gasteiger partial charge in [-0.05, 0) is 49.7 Å². The molecule has 1 atom stereocenters. The van der Waals surface area contributed by atoms with Crippen LogP contribution in [0.1, 0.15) is 35.9 Å². The van der Waals surface area contributed by atoms with Crippen molar-refractivity contribution < 1.29 is 24.3 Å². The van der Waals surface area contributed by atoms with Crippen molar-refractivity contribution in [2.75, 3.05) is 19.8 Å². The summed E-state index contributed by atoms with van der Waals surface area (Å²) in [5.41, 5.74) is 0.785. The second-order valence-corrected chi connectivity index (χ2v) is 5.60. The summed E-state index contributed by atoms with van der Waals surface area (Å²) in [6.45, 7) is 4.57. The Hall–Kier alpha value is -3.13. The molecule has 0 spiro atoms. The molecule has 0 fully saturated rings. The Balaban J connectivity index is 2.01. The van der Waals surface area contributed by atoms with E-state index in [9.17, 15) is 20.0 Å². The second-order valence-electron chi connectivity index (χ2n) is 5.60. The van der Waals surface area contributed by atoms with Crippen LogP contribution in [0.2, 0.25) is 0 Å². The fourth-order valence-corrected chi connectivity index (χ4v) is 2.42. The standard InChI is InChI=1S/C19H22N2O6/c1-3-26-17-10-7-14(11-18(17)27-4-2)19(23)20-12-16(22)13-5-8-15(9-6-13)21(24)25/h5-11,16,22H,3-4,12H2,1-2H3,(H,20,23)/t16-/m0/s1. The monoisotopic (exact) mass is 374 g/mol. The Labute approximate surface area is 156 Å². The van der Waals surface area contributed by atoms with Crippen LogP contribution in [0.25, 0.3) is 0 Å². The highest BCUT2D eigenvalue weighted by Gasteiger charge is 2.15. The van der Waals surface area contributed by atoms with Gasteiger partial charge in [-0.15, -0.1) is 0 Å². The lowest BCUT2D eigenvalue weighted by Crippen LogP contribution is -2.28. The van der Waals surface area contributed by atoms with Gasteiger partial charge in [-0.3, -0.25) is 14.9 Å². The van der Waals surface area contributed by atoms with E-state index in [-0.39, 0.29) is 18.1 Å². The largest absolute Gasteiger partial charge is 0.490 e. The van der Waals surface area contributed by atoms with E-state index in [0.29, 0.717) is 35.8 Å². The molecule has 27 heavy (non-hydrogen) atoms. The van der Waals surface area contributed by atoms with E-state index >= 15 is 0 Å². The quantitative estimate of drug-likeness (QED) is 0.516. The van der Waals surface area contributed by atoms with E-state index in [0.717, 1.165) is 0 Å². The van der Waals surface area contributed by atoms with Crippen LogP contribution in [0.3, 0.4) is 0 Å². The van der Waals surface area contributed by atoms with Gasteiger partial charge in [0.25, 0.3) is 11.6 Å². The van der Waals surface area contributed by atoms with Crippen molar-refractivity contribution in [2.45, 2.75) is 20.0 Å². The minimum absolute atomic E-state index is 0.0339. The minimum Gasteiger partial charge on any atom is -0.490 e. The van der Waals surface area contributed by atoms with Crippen LogP contribution in [-0.4, -0.2) is 35.7 Å². The average molecular weight is 374 g/mol. The Bertz CT molecular complexity index is 791. The number of nitrogens with zero attached hydrogens (tertiary/aromatic N) is 1. The molecular formula is C19H22N2O6. The summed E-state index contributed by atoms with van der Waals surface area (Å²) < 4.78 is 11.0. The minimum atomic E-state index is -0.983. The Morgan fingerprint density at radius 3 is 2.33 bits per heavy atom. The number of amides is 1. The fourth-order valence-electron chi connectivity index (χ4n) is 2.42. The van der Waals surface area contributed by atoms with Crippen molar-refractivity contribution in [3.8, 4) is 11.5 Å². The molecule has 0 aromatic heterocycles. The molecule has 8 nitrogen and oxygen atoms in total. The Kier molecular flexibility index (Phi) is 7.13. The number of non-ortho nitro benzene ring substituents is 1. The predicted octanol–water partition coefficient (Wildman–Crippen LogP) is 2.86. The van der Waals surface area contributed by atoms with Gasteiger partial charge in [-0.2, -0.15) is 0 Å². The molecule has 2 rings (SSSR count). The first-order valence-electron chi connectivity index (χ1n) is 8.56. The summed E-state index contributed by atoms with van der Waals surface area (Å²) in [7, 11) is 0. The summed E-state index contributed by atoms with van der Waals surface area (Å²) in [6.07, 6.45) is -0.983. The van der Waals surface area contributed by atoms with E-state index in [1.54, 1.807) is 18.2 Å². The van der Waals surface area contributed by atoms with Gasteiger partial charge >= 0.3 is 0 Å². The lowest BCUT2D eigenvalue weighted by Gasteiger charge is -2.14. The number of nitro benzene ring substituents is 1. The van der Waals surface area contributed by atoms with Crippen molar-refractivity contribution in [3.05, 3.63) is 63.7 Å². The van der Waals surface area contributed by atoms with Gasteiger partial charge in [-0.25, -0.2) is 0 Å². The smallest absolute Gasteiger partial charge is 0.269 e. The summed E-state index contributed by atoms with van der Waals surface area (Å²) in [5.74, 6) is 0.657. The number of benzene rings is 2. The van der Waals surface area contributed by atoms with Crippen molar-refractivity contribution in [3.63, 3.8) is 0 Å². The number of carbonyl (C=O) groups excluding carboxylic acids is 1. The van der Waals surface area contributed by atoms with Gasteiger partial charge in [0.15, 0.2) is 11.5 Å². The van der Waals surface area contributed by atoms with Crippen LogP contribution in [-0.2, 0) is 0 Å². The van der Waals surface area contributed by atoms with Crippen molar-refractivity contribution >= 4 is 11.6 Å². The molecule has 144 valence electrons. The van der Waals surface area contributed by atoms with Crippen LogP contribution in [0.4, 0.5) is 5.69 Å². The topological polar surface area (TPSA) is 111 Å². The van der Waals surface area contributed by atoms with E-state index < -0.39 is 11.0 Å². The first-order valence-corrected chi connectivity index (χ1v) is 8.56. The molecule has 2 aromatic rings. The maximum absolute atomic E-state index is 12.3. The van der Waals surface area contributed by atoms with E-state index in [1.165, 1.54) is 24.3 Å². The zero-order chi connectivity index (χ0) is 19.8. The highest BCUT2D eigenvalue weighted by atomic mass is 16.6. The molecule has 0 bridgehead atoms. The molecule has 0 heterocycles. The molecule has 0 unspecified atom stereocenters. The molecule has 1 amide bonds. The van der Waals surface area contributed by atoms with Crippen LogP contribution in [0.5, 0.6) is 11.5 Å². The number of aliphatic hydroxyl groups excluding tert-OH is 1. The van der Waals surface area contributed by atoms with Gasteiger partial charge < -0.3 is 19.9 Å². The highest BCUT2D eigenvalue weighted by Crippen LogP contribution is 2.28. The van der Waals surface area contributed by atoms with Gasteiger partial charge in [0, 0.05) is 24.2 Å². The predicted molar refractivity (Wildman–Crippen MR) is 99.2 cm³/mol. The molecule has 0 saturated heterocycles. The van der Waals surface area contributed by atoms with Crippen LogP contribution in [0.15, 0.2) is 42.5 Å². The zero-order valence-corrected chi connectivity index (χ0v) is 15.2. The third-order valence-corrected chi connectivity index (χ3v) is 3.75. The molecule has 8 heteroatoms. The molecule has 0 aliphatic rings. The maximum Gasteiger partial charge on any atom is 0.269 e. The van der Waals surface area contributed by atoms with Crippen molar-refractivity contribution in [1.29, 1.82) is 0 Å². The number of hydrogen-bond acceptors (Lipinski definition) is 6. The molecule has 0 aliphatic carbocycles. The fraction of sp³-hybridized carbons (Fsp3) is 0.316. The molecule has 0 aliphatic heterocycles. The molecule has 2 aromatic carbocycles. The SMILES string of the molecule is CCOc1ccc(C(=O)NC[C@H](O)c2ccc([N+](=O)[O-])cc2)cc1OCC. The van der Waals surface area contributed by atoms with E-state index in [4.69, 9.17) is 9.47 Å². The lowest BCUT2D eigenvalue weighted by atomic mass is 10.1. The number of nitro groups is 1. The van der Waals surface area contributed by atoms with E-state index in [2.05, 4.69) is 5.32 Å². The Morgan fingerprint density at radius 1 is 1.11 bits per heavy atom. The number of carbonyl (C=O) groups is 1. The van der Waals surface area contributed by atoms with E-state index in [1.807, 2.05) is 13.8 Å². The third-order valence-electron chi connectivity index (χ3n) is 3.75. The Morgan fingerprint density at radius 2 is 1.74 bits per heavy atom.